The quantitative estimate of drug-likeness (QED) is 0.774. The average Bonchev–Trinajstić information content (AvgIpc) is 3.34. The summed E-state index contributed by atoms with van der Waals surface area (Å²) in [6.07, 6.45) is 2.58. The SMILES string of the molecule is COCCC1COC2(C1)CN(C(=O)c1ccc(Cc3c(C)noc3C)o1)C2. The first-order valence-corrected chi connectivity index (χ1v) is 9.42. The first-order chi connectivity index (χ1) is 13.0. The summed E-state index contributed by atoms with van der Waals surface area (Å²) in [5.74, 6) is 2.34. The minimum Gasteiger partial charge on any atom is -0.456 e. The molecule has 4 rings (SSSR count). The Morgan fingerprint density at radius 3 is 2.89 bits per heavy atom. The van der Waals surface area contributed by atoms with Gasteiger partial charge < -0.3 is 23.3 Å². The molecule has 0 aromatic carbocycles. The molecule has 1 spiro atoms. The Bertz CT molecular complexity index is 799. The number of nitrogens with zero attached hydrogens (tertiary/aromatic N) is 2. The number of aromatic nitrogens is 1. The summed E-state index contributed by atoms with van der Waals surface area (Å²) < 4.78 is 22.1. The maximum atomic E-state index is 12.7. The normalized spacial score (nSPS) is 21.0. The molecule has 2 aromatic heterocycles. The van der Waals surface area contributed by atoms with Gasteiger partial charge in [0.2, 0.25) is 0 Å². The molecule has 7 heteroatoms. The number of rotatable bonds is 6. The molecule has 1 unspecified atom stereocenters. The molecule has 7 nitrogen and oxygen atoms in total. The first kappa shape index (κ1) is 18.3. The molecule has 2 aromatic rings. The molecular formula is C20H26N2O5. The molecule has 0 bridgehead atoms. The lowest BCUT2D eigenvalue weighted by molar-refractivity contribution is -0.0957. The molecule has 0 N–H and O–H groups in total. The molecule has 2 saturated heterocycles. The van der Waals surface area contributed by atoms with Crippen LogP contribution >= 0.6 is 0 Å². The van der Waals surface area contributed by atoms with E-state index in [9.17, 15) is 4.79 Å². The molecule has 1 atom stereocenters. The largest absolute Gasteiger partial charge is 0.456 e. The number of carbonyl (C=O) groups is 1. The van der Waals surface area contributed by atoms with Crippen LogP contribution in [0.2, 0.25) is 0 Å². The molecule has 146 valence electrons. The Morgan fingerprint density at radius 2 is 2.19 bits per heavy atom. The van der Waals surface area contributed by atoms with Gasteiger partial charge >= 0.3 is 0 Å². The average molecular weight is 374 g/mol. The van der Waals surface area contributed by atoms with E-state index < -0.39 is 0 Å². The third-order valence-electron chi connectivity index (χ3n) is 5.67. The number of ether oxygens (including phenoxy) is 2. The third-order valence-corrected chi connectivity index (χ3v) is 5.67. The molecule has 2 fully saturated rings. The van der Waals surface area contributed by atoms with E-state index in [1.807, 2.05) is 19.9 Å². The fraction of sp³-hybridized carbons (Fsp3) is 0.600. The highest BCUT2D eigenvalue weighted by Gasteiger charge is 2.51. The van der Waals surface area contributed by atoms with Crippen LogP contribution in [0.1, 0.15) is 46.2 Å². The number of furan rings is 1. The van der Waals surface area contributed by atoms with E-state index in [4.69, 9.17) is 18.4 Å². The molecule has 1 amide bonds. The van der Waals surface area contributed by atoms with Crippen molar-refractivity contribution >= 4 is 5.91 Å². The summed E-state index contributed by atoms with van der Waals surface area (Å²) in [5.41, 5.74) is 1.69. The van der Waals surface area contributed by atoms with Crippen LogP contribution in [0, 0.1) is 19.8 Å². The number of likely N-dealkylation sites (tertiary alicyclic amines) is 1. The Hall–Kier alpha value is -2.12. The van der Waals surface area contributed by atoms with E-state index >= 15 is 0 Å². The number of hydrogen-bond donors (Lipinski definition) is 0. The van der Waals surface area contributed by atoms with Crippen molar-refractivity contribution in [3.8, 4) is 0 Å². The molecule has 2 aliphatic rings. The van der Waals surface area contributed by atoms with Gasteiger partial charge in [-0.2, -0.15) is 0 Å². The Kier molecular flexibility index (Phi) is 4.82. The molecule has 4 heterocycles. The third kappa shape index (κ3) is 3.53. The Balaban J connectivity index is 1.33. The number of carbonyl (C=O) groups excluding carboxylic acids is 1. The van der Waals surface area contributed by atoms with Crippen LogP contribution in [0.5, 0.6) is 0 Å². The van der Waals surface area contributed by atoms with Gasteiger partial charge in [-0.1, -0.05) is 5.16 Å². The lowest BCUT2D eigenvalue weighted by Crippen LogP contribution is -2.63. The predicted octanol–water partition coefficient (Wildman–Crippen LogP) is 2.74. The zero-order chi connectivity index (χ0) is 19.0. The number of amides is 1. The molecular weight excluding hydrogens is 348 g/mol. The van der Waals surface area contributed by atoms with Gasteiger partial charge in [0.05, 0.1) is 25.4 Å². The molecule has 0 saturated carbocycles. The van der Waals surface area contributed by atoms with Gasteiger partial charge in [-0.05, 0) is 44.7 Å². The lowest BCUT2D eigenvalue weighted by Gasteiger charge is -2.46. The van der Waals surface area contributed by atoms with Crippen LogP contribution in [0.25, 0.3) is 0 Å². The monoisotopic (exact) mass is 374 g/mol. The highest BCUT2D eigenvalue weighted by Crippen LogP contribution is 2.39. The van der Waals surface area contributed by atoms with Gasteiger partial charge in [-0.3, -0.25) is 4.79 Å². The van der Waals surface area contributed by atoms with E-state index in [0.717, 1.165) is 48.8 Å². The first-order valence-electron chi connectivity index (χ1n) is 9.42. The van der Waals surface area contributed by atoms with Crippen molar-refractivity contribution in [3.63, 3.8) is 0 Å². The van der Waals surface area contributed by atoms with Crippen LogP contribution in [-0.2, 0) is 15.9 Å². The lowest BCUT2D eigenvalue weighted by atomic mass is 9.86. The number of methoxy groups -OCH3 is 1. The standard InChI is InChI=1S/C20H26N2O5/c1-13-17(14(2)27-21-13)8-16-4-5-18(26-16)19(23)22-11-20(12-22)9-15(10-25-20)6-7-24-3/h4-5,15H,6-12H2,1-3H3. The zero-order valence-electron chi connectivity index (χ0n) is 16.1. The second-order valence-corrected chi connectivity index (χ2v) is 7.75. The van der Waals surface area contributed by atoms with Crippen molar-refractivity contribution in [1.82, 2.24) is 10.1 Å². The summed E-state index contributed by atoms with van der Waals surface area (Å²) >= 11 is 0. The molecule has 0 aliphatic carbocycles. The zero-order valence-corrected chi connectivity index (χ0v) is 16.1. The molecule has 0 radical (unpaired) electrons. The Morgan fingerprint density at radius 1 is 1.37 bits per heavy atom. The minimum absolute atomic E-state index is 0.0745. The summed E-state index contributed by atoms with van der Waals surface area (Å²) in [6, 6.07) is 3.60. The van der Waals surface area contributed by atoms with Gasteiger partial charge in [0.15, 0.2) is 5.76 Å². The molecule has 2 aliphatic heterocycles. The van der Waals surface area contributed by atoms with Crippen LogP contribution in [0.4, 0.5) is 0 Å². The summed E-state index contributed by atoms with van der Waals surface area (Å²) in [5, 5.41) is 3.96. The van der Waals surface area contributed by atoms with E-state index in [-0.39, 0.29) is 11.5 Å². The maximum absolute atomic E-state index is 12.7. The van der Waals surface area contributed by atoms with E-state index in [2.05, 4.69) is 5.16 Å². The predicted molar refractivity (Wildman–Crippen MR) is 96.7 cm³/mol. The smallest absolute Gasteiger partial charge is 0.289 e. The van der Waals surface area contributed by atoms with Gasteiger partial charge in [0.1, 0.15) is 17.1 Å². The summed E-state index contributed by atoms with van der Waals surface area (Å²) in [7, 11) is 1.72. The van der Waals surface area contributed by atoms with Crippen molar-refractivity contribution < 1.29 is 23.2 Å². The van der Waals surface area contributed by atoms with E-state index in [1.165, 1.54) is 0 Å². The van der Waals surface area contributed by atoms with Crippen molar-refractivity contribution in [2.75, 3.05) is 33.4 Å². The maximum Gasteiger partial charge on any atom is 0.289 e. The topological polar surface area (TPSA) is 77.9 Å². The van der Waals surface area contributed by atoms with Crippen molar-refractivity contribution in [2.45, 2.75) is 38.7 Å². The number of aryl methyl sites for hydroxylation is 2. The second kappa shape index (κ2) is 7.13. The van der Waals surface area contributed by atoms with E-state index in [0.29, 0.717) is 31.2 Å². The van der Waals surface area contributed by atoms with Gasteiger partial charge in [0.25, 0.3) is 5.91 Å². The van der Waals surface area contributed by atoms with Crippen molar-refractivity contribution in [1.29, 1.82) is 0 Å². The van der Waals surface area contributed by atoms with Gasteiger partial charge in [-0.25, -0.2) is 0 Å². The van der Waals surface area contributed by atoms with Crippen LogP contribution in [0.15, 0.2) is 21.1 Å². The highest BCUT2D eigenvalue weighted by molar-refractivity contribution is 5.92. The number of hydrogen-bond acceptors (Lipinski definition) is 6. The minimum atomic E-state index is -0.166. The van der Waals surface area contributed by atoms with Gasteiger partial charge in [0, 0.05) is 25.7 Å². The van der Waals surface area contributed by atoms with Crippen LogP contribution < -0.4 is 0 Å². The summed E-state index contributed by atoms with van der Waals surface area (Å²) in [4.78, 5) is 14.5. The van der Waals surface area contributed by atoms with E-state index in [1.54, 1.807) is 18.1 Å². The fourth-order valence-electron chi connectivity index (χ4n) is 4.09. The highest BCUT2D eigenvalue weighted by atomic mass is 16.5. The second-order valence-electron chi connectivity index (χ2n) is 7.75. The van der Waals surface area contributed by atoms with Crippen LogP contribution in [0.3, 0.4) is 0 Å². The van der Waals surface area contributed by atoms with Crippen molar-refractivity contribution in [3.05, 3.63) is 40.7 Å². The van der Waals surface area contributed by atoms with Crippen LogP contribution in [-0.4, -0.2) is 55.0 Å². The van der Waals surface area contributed by atoms with Crippen molar-refractivity contribution in [2.24, 2.45) is 5.92 Å². The molecule has 27 heavy (non-hydrogen) atoms. The fourth-order valence-corrected chi connectivity index (χ4v) is 4.09. The Labute approximate surface area is 158 Å². The summed E-state index contributed by atoms with van der Waals surface area (Å²) in [6.45, 7) is 6.57. The van der Waals surface area contributed by atoms with Gasteiger partial charge in [-0.15, -0.1) is 0 Å².